The largest absolute Gasteiger partial charge is 0.490 e. The summed E-state index contributed by atoms with van der Waals surface area (Å²) >= 11 is 0. The smallest absolute Gasteiger partial charge is 0.231 e. The molecule has 36 heavy (non-hydrogen) atoms. The first-order valence-corrected chi connectivity index (χ1v) is 12.9. The third-order valence-electron chi connectivity index (χ3n) is 7.47. The quantitative estimate of drug-likeness (QED) is 0.540. The molecule has 4 heterocycles. The van der Waals surface area contributed by atoms with Crippen LogP contribution in [0.15, 0.2) is 42.8 Å². The summed E-state index contributed by atoms with van der Waals surface area (Å²) in [5.41, 5.74) is 2.12. The van der Waals surface area contributed by atoms with Gasteiger partial charge in [-0.1, -0.05) is 0 Å². The molecule has 5 rings (SSSR count). The van der Waals surface area contributed by atoms with Gasteiger partial charge < -0.3 is 28.9 Å². The Morgan fingerprint density at radius 1 is 1.17 bits per heavy atom. The number of nitriles is 1. The fourth-order valence-corrected chi connectivity index (χ4v) is 5.39. The Balaban J connectivity index is 1.20. The zero-order chi connectivity index (χ0) is 24.9. The zero-order valence-corrected chi connectivity index (χ0v) is 21.2. The summed E-state index contributed by atoms with van der Waals surface area (Å²) in [5.74, 6) is 3.24. The van der Waals surface area contributed by atoms with Crippen molar-refractivity contribution in [1.82, 2.24) is 14.8 Å². The number of hydrogen-bond acceptors (Lipinski definition) is 8. The molecule has 8 heteroatoms. The van der Waals surface area contributed by atoms with Crippen molar-refractivity contribution >= 4 is 11.4 Å². The second-order valence-corrected chi connectivity index (χ2v) is 9.99. The van der Waals surface area contributed by atoms with Gasteiger partial charge in [0.25, 0.3) is 0 Å². The summed E-state index contributed by atoms with van der Waals surface area (Å²) in [6.45, 7) is 7.18. The minimum absolute atomic E-state index is 0.328. The molecule has 2 saturated heterocycles. The summed E-state index contributed by atoms with van der Waals surface area (Å²) in [6, 6.07) is 9.81. The number of aromatic nitrogens is 1. The standard InChI is InChI=1S/C28H35N5O3/c1-31-9-5-21(6-10-31)19-32-11-7-22(20-32)8-13-35-25-3-4-27-26(16-25)33(12-14-36-27)24-15-23(17-29)28(34-2)30-18-24/h3-4,8,13,15-16,18,21-22H,5-7,9-12,14,19-20H2,1-2H3. The number of fused-ring (bicyclic) bond motifs is 1. The van der Waals surface area contributed by atoms with Crippen molar-refractivity contribution in [3.05, 3.63) is 48.4 Å². The van der Waals surface area contributed by atoms with Crippen LogP contribution in [0.3, 0.4) is 0 Å². The number of ether oxygens (including phenoxy) is 3. The van der Waals surface area contributed by atoms with Crippen molar-refractivity contribution in [3.63, 3.8) is 0 Å². The number of anilines is 2. The van der Waals surface area contributed by atoms with Gasteiger partial charge >= 0.3 is 0 Å². The number of nitrogens with zero attached hydrogens (tertiary/aromatic N) is 5. The highest BCUT2D eigenvalue weighted by Crippen LogP contribution is 2.39. The molecule has 1 unspecified atom stereocenters. The molecule has 0 bridgehead atoms. The maximum Gasteiger partial charge on any atom is 0.231 e. The Bertz CT molecular complexity index is 1120. The molecule has 0 radical (unpaired) electrons. The van der Waals surface area contributed by atoms with Gasteiger partial charge in [-0.3, -0.25) is 0 Å². The van der Waals surface area contributed by atoms with E-state index in [9.17, 15) is 5.26 Å². The fraction of sp³-hybridized carbons (Fsp3) is 0.500. The van der Waals surface area contributed by atoms with Crippen LogP contribution in [0.2, 0.25) is 0 Å². The van der Waals surface area contributed by atoms with Gasteiger partial charge in [-0.15, -0.1) is 0 Å². The average Bonchev–Trinajstić information content (AvgIpc) is 3.36. The first kappa shape index (κ1) is 24.4. The molecule has 190 valence electrons. The number of piperidine rings is 1. The molecule has 0 spiro atoms. The van der Waals surface area contributed by atoms with E-state index in [4.69, 9.17) is 14.2 Å². The van der Waals surface area contributed by atoms with Gasteiger partial charge in [-0.2, -0.15) is 5.26 Å². The van der Waals surface area contributed by atoms with E-state index in [2.05, 4.69) is 38.9 Å². The van der Waals surface area contributed by atoms with Crippen LogP contribution >= 0.6 is 0 Å². The molecule has 1 aromatic carbocycles. The van der Waals surface area contributed by atoms with Gasteiger partial charge in [0, 0.05) is 19.2 Å². The molecule has 3 aliphatic rings. The number of benzene rings is 1. The third kappa shape index (κ3) is 5.58. The lowest BCUT2D eigenvalue weighted by molar-refractivity contribution is 0.174. The molecule has 0 aliphatic carbocycles. The molecule has 8 nitrogen and oxygen atoms in total. The SMILES string of the molecule is COc1ncc(N2CCOc3ccc(OC=CC4CCN(CC5CCN(C)CC5)C4)cc32)cc1C#N. The van der Waals surface area contributed by atoms with Crippen LogP contribution in [0.25, 0.3) is 0 Å². The highest BCUT2D eigenvalue weighted by Gasteiger charge is 2.25. The van der Waals surface area contributed by atoms with E-state index < -0.39 is 0 Å². The maximum absolute atomic E-state index is 9.46. The van der Waals surface area contributed by atoms with Crippen LogP contribution in [0, 0.1) is 23.2 Å². The lowest BCUT2D eigenvalue weighted by Gasteiger charge is -2.31. The van der Waals surface area contributed by atoms with Crippen molar-refractivity contribution in [3.8, 4) is 23.4 Å². The monoisotopic (exact) mass is 489 g/mol. The number of rotatable bonds is 7. The summed E-state index contributed by atoms with van der Waals surface area (Å²) < 4.78 is 17.1. The van der Waals surface area contributed by atoms with E-state index in [1.165, 1.54) is 52.6 Å². The van der Waals surface area contributed by atoms with Gasteiger partial charge in [0.05, 0.1) is 37.5 Å². The Morgan fingerprint density at radius 2 is 2.03 bits per heavy atom. The lowest BCUT2D eigenvalue weighted by atomic mass is 9.97. The van der Waals surface area contributed by atoms with E-state index in [-0.39, 0.29) is 0 Å². The van der Waals surface area contributed by atoms with Gasteiger partial charge in [0.15, 0.2) is 0 Å². The van der Waals surface area contributed by atoms with E-state index in [0.717, 1.165) is 35.3 Å². The van der Waals surface area contributed by atoms with Crippen molar-refractivity contribution in [2.24, 2.45) is 11.8 Å². The fourth-order valence-electron chi connectivity index (χ4n) is 5.39. The van der Waals surface area contributed by atoms with Gasteiger partial charge in [0.1, 0.15) is 29.7 Å². The van der Waals surface area contributed by atoms with Crippen LogP contribution in [0.1, 0.15) is 24.8 Å². The third-order valence-corrected chi connectivity index (χ3v) is 7.47. The average molecular weight is 490 g/mol. The number of hydrogen-bond donors (Lipinski definition) is 0. The molecule has 0 N–H and O–H groups in total. The van der Waals surface area contributed by atoms with Crippen LogP contribution < -0.4 is 19.1 Å². The Kier molecular flexibility index (Phi) is 7.59. The van der Waals surface area contributed by atoms with Crippen molar-refractivity contribution in [1.29, 1.82) is 5.26 Å². The Morgan fingerprint density at radius 3 is 2.83 bits per heavy atom. The second kappa shape index (κ2) is 11.2. The zero-order valence-electron chi connectivity index (χ0n) is 21.2. The number of methoxy groups -OCH3 is 1. The van der Waals surface area contributed by atoms with Crippen molar-refractivity contribution < 1.29 is 14.2 Å². The van der Waals surface area contributed by atoms with E-state index >= 15 is 0 Å². The first-order chi connectivity index (χ1) is 17.6. The summed E-state index contributed by atoms with van der Waals surface area (Å²) in [5, 5.41) is 9.46. The molecular formula is C28H35N5O3. The van der Waals surface area contributed by atoms with Crippen molar-refractivity contribution in [2.75, 3.05) is 64.9 Å². The molecule has 0 amide bonds. The van der Waals surface area contributed by atoms with Gasteiger partial charge in [-0.05, 0) is 82.1 Å². The maximum atomic E-state index is 9.46. The number of likely N-dealkylation sites (tertiary alicyclic amines) is 2. The molecule has 1 atom stereocenters. The predicted octanol–water partition coefficient (Wildman–Crippen LogP) is 4.05. The minimum atomic E-state index is 0.328. The summed E-state index contributed by atoms with van der Waals surface area (Å²) in [4.78, 5) is 11.5. The minimum Gasteiger partial charge on any atom is -0.490 e. The van der Waals surface area contributed by atoms with E-state index in [1.54, 1.807) is 12.3 Å². The van der Waals surface area contributed by atoms with Crippen LogP contribution in [-0.4, -0.2) is 74.8 Å². The topological polar surface area (TPSA) is 74.1 Å². The number of pyridine rings is 1. The van der Waals surface area contributed by atoms with Gasteiger partial charge in [-0.25, -0.2) is 4.98 Å². The van der Waals surface area contributed by atoms with E-state index in [1.807, 2.05) is 24.5 Å². The molecular weight excluding hydrogens is 454 g/mol. The second-order valence-electron chi connectivity index (χ2n) is 9.99. The van der Waals surface area contributed by atoms with E-state index in [0.29, 0.717) is 30.5 Å². The lowest BCUT2D eigenvalue weighted by Crippen LogP contribution is -2.36. The molecule has 2 fully saturated rings. The van der Waals surface area contributed by atoms with Crippen LogP contribution in [0.5, 0.6) is 17.4 Å². The molecule has 2 aromatic rings. The summed E-state index contributed by atoms with van der Waals surface area (Å²) in [7, 11) is 3.74. The van der Waals surface area contributed by atoms with Crippen LogP contribution in [0.4, 0.5) is 11.4 Å². The van der Waals surface area contributed by atoms with Gasteiger partial charge in [0.2, 0.25) is 5.88 Å². The van der Waals surface area contributed by atoms with Crippen molar-refractivity contribution in [2.45, 2.75) is 19.3 Å². The predicted molar refractivity (Wildman–Crippen MR) is 139 cm³/mol. The Labute approximate surface area is 213 Å². The summed E-state index contributed by atoms with van der Waals surface area (Å²) in [6.07, 6.45) is 9.58. The molecule has 3 aliphatic heterocycles. The Hall–Kier alpha value is -3.28. The first-order valence-electron chi connectivity index (χ1n) is 12.9. The normalized spacial score (nSPS) is 21.2. The van der Waals surface area contributed by atoms with Crippen LogP contribution in [-0.2, 0) is 0 Å². The molecule has 1 aromatic heterocycles. The molecule has 0 saturated carbocycles. The highest BCUT2D eigenvalue weighted by atomic mass is 16.5. The highest BCUT2D eigenvalue weighted by molar-refractivity contribution is 5.72.